The summed E-state index contributed by atoms with van der Waals surface area (Å²) in [6.07, 6.45) is 1.97. The molecule has 7 nitrogen and oxygen atoms in total. The van der Waals surface area contributed by atoms with Gasteiger partial charge in [0.1, 0.15) is 0 Å². The number of likely N-dealkylation sites (N-methyl/N-ethyl adjacent to an activating group) is 1. The third-order valence-corrected chi connectivity index (χ3v) is 3.68. The summed E-state index contributed by atoms with van der Waals surface area (Å²) in [5.41, 5.74) is -0.227. The molecule has 0 bridgehead atoms. The number of amides is 1. The van der Waals surface area contributed by atoms with Crippen LogP contribution in [0, 0.1) is 5.92 Å². The van der Waals surface area contributed by atoms with Gasteiger partial charge in [0.15, 0.2) is 5.96 Å². The standard InChI is InChI=1S/C18H36N4O3/c1-6-19-17(22(5)12-16(23)21-18(2,3)4)20-9-7-10-24-13-15-8-11-25-14-15/h15H,6-14H2,1-5H3,(H,19,20)(H,21,23). The molecule has 0 aliphatic carbocycles. The molecule has 7 heteroatoms. The summed E-state index contributed by atoms with van der Waals surface area (Å²) < 4.78 is 11.0. The lowest BCUT2D eigenvalue weighted by atomic mass is 10.1. The second-order valence-electron chi connectivity index (χ2n) is 7.55. The normalized spacial score (nSPS) is 18.3. The van der Waals surface area contributed by atoms with Crippen LogP contribution in [0.2, 0.25) is 0 Å². The lowest BCUT2D eigenvalue weighted by molar-refractivity contribution is -0.122. The van der Waals surface area contributed by atoms with Gasteiger partial charge in [-0.15, -0.1) is 0 Å². The van der Waals surface area contributed by atoms with Gasteiger partial charge in [-0.05, 0) is 40.5 Å². The number of nitrogens with zero attached hydrogens (tertiary/aromatic N) is 2. The van der Waals surface area contributed by atoms with E-state index in [9.17, 15) is 4.79 Å². The van der Waals surface area contributed by atoms with Crippen molar-refractivity contribution in [1.29, 1.82) is 0 Å². The molecule has 0 aromatic heterocycles. The molecular formula is C18H36N4O3. The van der Waals surface area contributed by atoms with Crippen LogP contribution in [0.15, 0.2) is 4.99 Å². The molecule has 1 atom stereocenters. The molecule has 0 saturated carbocycles. The quantitative estimate of drug-likeness (QED) is 0.369. The second kappa shape index (κ2) is 11.3. The van der Waals surface area contributed by atoms with Crippen LogP contribution >= 0.6 is 0 Å². The molecule has 2 N–H and O–H groups in total. The van der Waals surface area contributed by atoms with E-state index in [0.717, 1.165) is 45.2 Å². The zero-order valence-electron chi connectivity index (χ0n) is 16.6. The van der Waals surface area contributed by atoms with Crippen LogP contribution in [-0.2, 0) is 14.3 Å². The van der Waals surface area contributed by atoms with Gasteiger partial charge in [0, 0.05) is 44.8 Å². The molecule has 146 valence electrons. The van der Waals surface area contributed by atoms with Crippen LogP contribution in [0.3, 0.4) is 0 Å². The van der Waals surface area contributed by atoms with E-state index < -0.39 is 0 Å². The Balaban J connectivity index is 2.29. The fourth-order valence-electron chi connectivity index (χ4n) is 2.53. The fraction of sp³-hybridized carbons (Fsp3) is 0.889. The first-order valence-corrected chi connectivity index (χ1v) is 9.27. The number of carbonyl (C=O) groups is 1. The molecule has 0 spiro atoms. The number of nitrogens with one attached hydrogen (secondary N) is 2. The summed E-state index contributed by atoms with van der Waals surface area (Å²) in [7, 11) is 1.88. The fourth-order valence-corrected chi connectivity index (χ4v) is 2.53. The highest BCUT2D eigenvalue weighted by Crippen LogP contribution is 2.12. The van der Waals surface area contributed by atoms with Crippen molar-refractivity contribution in [3.05, 3.63) is 0 Å². The van der Waals surface area contributed by atoms with Gasteiger partial charge in [-0.25, -0.2) is 0 Å². The Labute approximate surface area is 152 Å². The van der Waals surface area contributed by atoms with Crippen LogP contribution in [0.5, 0.6) is 0 Å². The SMILES string of the molecule is CCNC(=NCCCOCC1CCOC1)N(C)CC(=O)NC(C)(C)C. The maximum atomic E-state index is 12.1. The van der Waals surface area contributed by atoms with Crippen molar-refractivity contribution in [2.75, 3.05) is 53.1 Å². The Morgan fingerprint density at radius 3 is 2.76 bits per heavy atom. The maximum absolute atomic E-state index is 12.1. The highest BCUT2D eigenvalue weighted by molar-refractivity contribution is 5.86. The third-order valence-electron chi connectivity index (χ3n) is 3.68. The predicted octanol–water partition coefficient (Wildman–Crippen LogP) is 1.24. The van der Waals surface area contributed by atoms with Gasteiger partial charge in [-0.1, -0.05) is 0 Å². The Kier molecular flexibility index (Phi) is 9.82. The Morgan fingerprint density at radius 2 is 2.16 bits per heavy atom. The molecule has 1 aliphatic rings. The Hall–Kier alpha value is -1.34. The largest absolute Gasteiger partial charge is 0.381 e. The summed E-state index contributed by atoms with van der Waals surface area (Å²) in [5.74, 6) is 1.28. The molecule has 1 fully saturated rings. The highest BCUT2D eigenvalue weighted by atomic mass is 16.5. The molecule has 0 aromatic carbocycles. The van der Waals surface area contributed by atoms with E-state index in [4.69, 9.17) is 9.47 Å². The molecule has 1 unspecified atom stereocenters. The molecule has 1 heterocycles. The van der Waals surface area contributed by atoms with Crippen LogP contribution in [0.1, 0.15) is 40.5 Å². The van der Waals surface area contributed by atoms with E-state index in [1.54, 1.807) is 0 Å². The number of ether oxygens (including phenoxy) is 2. The average Bonchev–Trinajstić information content (AvgIpc) is 3.00. The molecule has 1 amide bonds. The van der Waals surface area contributed by atoms with Crippen molar-refractivity contribution in [2.45, 2.75) is 46.1 Å². The molecule has 0 radical (unpaired) electrons. The van der Waals surface area contributed by atoms with Crippen LogP contribution in [-0.4, -0.2) is 75.4 Å². The predicted molar refractivity (Wildman–Crippen MR) is 101 cm³/mol. The van der Waals surface area contributed by atoms with E-state index in [1.807, 2.05) is 39.6 Å². The number of carbonyl (C=O) groups excluding carboxylic acids is 1. The zero-order valence-corrected chi connectivity index (χ0v) is 16.6. The van der Waals surface area contributed by atoms with Crippen molar-refractivity contribution in [3.63, 3.8) is 0 Å². The minimum Gasteiger partial charge on any atom is -0.381 e. The van der Waals surface area contributed by atoms with Crippen molar-refractivity contribution < 1.29 is 14.3 Å². The third kappa shape index (κ3) is 10.3. The summed E-state index contributed by atoms with van der Waals surface area (Å²) in [4.78, 5) is 18.5. The lowest BCUT2D eigenvalue weighted by Crippen LogP contribution is -2.48. The number of rotatable bonds is 9. The van der Waals surface area contributed by atoms with Gasteiger partial charge >= 0.3 is 0 Å². The van der Waals surface area contributed by atoms with E-state index >= 15 is 0 Å². The number of guanidine groups is 1. The van der Waals surface area contributed by atoms with Crippen molar-refractivity contribution in [2.24, 2.45) is 10.9 Å². The smallest absolute Gasteiger partial charge is 0.240 e. The average molecular weight is 357 g/mol. The first-order chi connectivity index (χ1) is 11.8. The Bertz CT molecular complexity index is 415. The van der Waals surface area contributed by atoms with Crippen molar-refractivity contribution in [1.82, 2.24) is 15.5 Å². The summed E-state index contributed by atoms with van der Waals surface area (Å²) in [5, 5.41) is 6.19. The number of hydrogen-bond donors (Lipinski definition) is 2. The van der Waals surface area contributed by atoms with E-state index in [1.165, 1.54) is 0 Å². The minimum atomic E-state index is -0.227. The van der Waals surface area contributed by atoms with E-state index in [2.05, 4.69) is 15.6 Å². The maximum Gasteiger partial charge on any atom is 0.240 e. The van der Waals surface area contributed by atoms with Crippen molar-refractivity contribution in [3.8, 4) is 0 Å². The topological polar surface area (TPSA) is 75.2 Å². The molecule has 1 rings (SSSR count). The van der Waals surface area contributed by atoms with Crippen LogP contribution < -0.4 is 10.6 Å². The van der Waals surface area contributed by atoms with Crippen molar-refractivity contribution >= 4 is 11.9 Å². The first-order valence-electron chi connectivity index (χ1n) is 9.27. The van der Waals surface area contributed by atoms with E-state index in [-0.39, 0.29) is 18.0 Å². The molecule has 0 aromatic rings. The Morgan fingerprint density at radius 1 is 1.40 bits per heavy atom. The number of hydrogen-bond acceptors (Lipinski definition) is 4. The lowest BCUT2D eigenvalue weighted by Gasteiger charge is -2.25. The van der Waals surface area contributed by atoms with Gasteiger partial charge in [-0.2, -0.15) is 0 Å². The van der Waals surface area contributed by atoms with Crippen LogP contribution in [0.4, 0.5) is 0 Å². The molecule has 25 heavy (non-hydrogen) atoms. The highest BCUT2D eigenvalue weighted by Gasteiger charge is 2.17. The molecule has 1 aliphatic heterocycles. The summed E-state index contributed by atoms with van der Waals surface area (Å²) in [6, 6.07) is 0. The van der Waals surface area contributed by atoms with Crippen LogP contribution in [0.25, 0.3) is 0 Å². The van der Waals surface area contributed by atoms with Gasteiger partial charge in [-0.3, -0.25) is 9.79 Å². The molecular weight excluding hydrogens is 320 g/mol. The second-order valence-corrected chi connectivity index (χ2v) is 7.55. The summed E-state index contributed by atoms with van der Waals surface area (Å²) >= 11 is 0. The number of aliphatic imine (C=N–C) groups is 1. The van der Waals surface area contributed by atoms with E-state index in [0.29, 0.717) is 19.1 Å². The molecule has 1 saturated heterocycles. The summed E-state index contributed by atoms with van der Waals surface area (Å²) in [6.45, 7) is 12.8. The van der Waals surface area contributed by atoms with Gasteiger partial charge in [0.25, 0.3) is 0 Å². The van der Waals surface area contributed by atoms with Gasteiger partial charge in [0.05, 0.1) is 19.8 Å². The minimum absolute atomic E-state index is 0.0114. The van der Waals surface area contributed by atoms with Gasteiger partial charge < -0.3 is 25.0 Å². The monoisotopic (exact) mass is 356 g/mol. The first kappa shape index (κ1) is 21.7. The van der Waals surface area contributed by atoms with Gasteiger partial charge in [0.2, 0.25) is 5.91 Å². The zero-order chi connectivity index (χ0) is 18.7.